The molecule has 0 radical (unpaired) electrons. The van der Waals surface area contributed by atoms with Gasteiger partial charge < -0.3 is 19.1 Å². The lowest BCUT2D eigenvalue weighted by atomic mass is 10.1. The minimum absolute atomic E-state index is 0.0550. The van der Waals surface area contributed by atoms with E-state index in [1.807, 2.05) is 17.3 Å². The molecule has 2 saturated heterocycles. The molecule has 0 N–H and O–H groups in total. The fraction of sp³-hybridized carbons (Fsp3) is 0.611. The molecule has 7 nitrogen and oxygen atoms in total. The zero-order valence-electron chi connectivity index (χ0n) is 14.9. The maximum Gasteiger partial charge on any atom is 0.255 e. The van der Waals surface area contributed by atoms with Gasteiger partial charge in [-0.05, 0) is 39.4 Å². The summed E-state index contributed by atoms with van der Waals surface area (Å²) in [5.41, 5.74) is 2.28. The maximum absolute atomic E-state index is 12.8. The van der Waals surface area contributed by atoms with Crippen LogP contribution in [0.1, 0.15) is 35.7 Å². The van der Waals surface area contributed by atoms with Crippen LogP contribution in [0.5, 0.6) is 0 Å². The molecular formula is C18H25N5O2. The van der Waals surface area contributed by atoms with Crippen LogP contribution in [-0.4, -0.2) is 76.7 Å². The Bertz CT molecular complexity index is 766. The van der Waals surface area contributed by atoms with Gasteiger partial charge in [-0.25, -0.2) is 9.97 Å². The molecule has 4 heterocycles. The number of carbonyl (C=O) groups is 1. The van der Waals surface area contributed by atoms with Crippen LogP contribution in [0, 0.1) is 0 Å². The van der Waals surface area contributed by atoms with Gasteiger partial charge in [0.2, 0.25) is 0 Å². The fourth-order valence-corrected chi connectivity index (χ4v) is 3.80. The summed E-state index contributed by atoms with van der Waals surface area (Å²) in [5, 5.41) is 0. The number of aromatic nitrogens is 3. The zero-order chi connectivity index (χ0) is 17.4. The molecule has 1 atom stereocenters. The highest BCUT2D eigenvalue weighted by Gasteiger charge is 2.28. The van der Waals surface area contributed by atoms with Crippen molar-refractivity contribution in [2.45, 2.75) is 31.3 Å². The normalized spacial score (nSPS) is 22.2. The maximum atomic E-state index is 12.8. The quantitative estimate of drug-likeness (QED) is 0.846. The van der Waals surface area contributed by atoms with Crippen molar-refractivity contribution in [2.24, 2.45) is 0 Å². The van der Waals surface area contributed by atoms with E-state index >= 15 is 0 Å². The summed E-state index contributed by atoms with van der Waals surface area (Å²) in [6.45, 7) is 3.14. The largest absolute Gasteiger partial charge is 0.381 e. The topological polar surface area (TPSA) is 63.5 Å². The van der Waals surface area contributed by atoms with Crippen LogP contribution in [0.15, 0.2) is 18.6 Å². The average Bonchev–Trinajstić information content (AvgIpc) is 3.28. The smallest absolute Gasteiger partial charge is 0.255 e. The molecule has 1 unspecified atom stereocenters. The summed E-state index contributed by atoms with van der Waals surface area (Å²) >= 11 is 0. The lowest BCUT2D eigenvalue weighted by Crippen LogP contribution is -2.34. The first-order valence-corrected chi connectivity index (χ1v) is 8.99. The highest BCUT2D eigenvalue weighted by atomic mass is 16.5. The van der Waals surface area contributed by atoms with Crippen molar-refractivity contribution in [1.29, 1.82) is 0 Å². The number of likely N-dealkylation sites (tertiary alicyclic amines) is 1. The van der Waals surface area contributed by atoms with Gasteiger partial charge in [0, 0.05) is 44.6 Å². The van der Waals surface area contributed by atoms with Crippen molar-refractivity contribution in [1.82, 2.24) is 24.3 Å². The Morgan fingerprint density at radius 3 is 2.76 bits per heavy atom. The molecule has 2 aromatic rings. The molecule has 2 aliphatic rings. The van der Waals surface area contributed by atoms with E-state index in [9.17, 15) is 4.79 Å². The van der Waals surface area contributed by atoms with Crippen molar-refractivity contribution in [3.05, 3.63) is 24.2 Å². The number of carbonyl (C=O) groups excluding carboxylic acids is 1. The first-order chi connectivity index (χ1) is 12.1. The van der Waals surface area contributed by atoms with Crippen molar-refractivity contribution in [3.63, 3.8) is 0 Å². The SMILES string of the molecule is CN(C)C1CCN(C(=O)c2cnc3c(c2)ncn3C2CCOCC2)C1. The Hall–Kier alpha value is -1.99. The second-order valence-electron chi connectivity index (χ2n) is 7.22. The number of imidazole rings is 1. The molecule has 1 amide bonds. The predicted molar refractivity (Wildman–Crippen MR) is 94.6 cm³/mol. The first kappa shape index (κ1) is 16.5. The molecule has 25 heavy (non-hydrogen) atoms. The molecule has 4 rings (SSSR count). The Morgan fingerprint density at radius 2 is 2.04 bits per heavy atom. The molecule has 134 valence electrons. The monoisotopic (exact) mass is 343 g/mol. The number of ether oxygens (including phenoxy) is 1. The number of fused-ring (bicyclic) bond motifs is 1. The third-order valence-corrected chi connectivity index (χ3v) is 5.43. The summed E-state index contributed by atoms with van der Waals surface area (Å²) in [6, 6.07) is 2.70. The molecule has 0 saturated carbocycles. The van der Waals surface area contributed by atoms with Gasteiger partial charge in [0.25, 0.3) is 5.91 Å². The zero-order valence-corrected chi connectivity index (χ0v) is 14.9. The van der Waals surface area contributed by atoms with Crippen molar-refractivity contribution in [2.75, 3.05) is 40.4 Å². The summed E-state index contributed by atoms with van der Waals surface area (Å²) in [5.74, 6) is 0.0550. The van der Waals surface area contributed by atoms with E-state index in [1.54, 1.807) is 6.20 Å². The van der Waals surface area contributed by atoms with Gasteiger partial charge in [-0.3, -0.25) is 4.79 Å². The number of hydrogen-bond donors (Lipinski definition) is 0. The van der Waals surface area contributed by atoms with Crippen LogP contribution in [0.2, 0.25) is 0 Å². The Balaban J connectivity index is 1.54. The number of pyridine rings is 1. The first-order valence-electron chi connectivity index (χ1n) is 8.99. The van der Waals surface area contributed by atoms with Gasteiger partial charge in [-0.1, -0.05) is 0 Å². The summed E-state index contributed by atoms with van der Waals surface area (Å²) in [7, 11) is 4.13. The van der Waals surface area contributed by atoms with Crippen LogP contribution < -0.4 is 0 Å². The third kappa shape index (κ3) is 3.14. The van der Waals surface area contributed by atoms with E-state index in [-0.39, 0.29) is 5.91 Å². The molecule has 0 aliphatic carbocycles. The molecule has 2 fully saturated rings. The highest BCUT2D eigenvalue weighted by molar-refractivity contribution is 5.96. The van der Waals surface area contributed by atoms with Gasteiger partial charge in [0.05, 0.1) is 11.9 Å². The molecule has 7 heteroatoms. The second-order valence-corrected chi connectivity index (χ2v) is 7.22. The van der Waals surface area contributed by atoms with Crippen LogP contribution in [-0.2, 0) is 4.74 Å². The van der Waals surface area contributed by atoms with Crippen LogP contribution in [0.3, 0.4) is 0 Å². The van der Waals surface area contributed by atoms with Gasteiger partial charge in [-0.15, -0.1) is 0 Å². The Labute approximate surface area is 147 Å². The van der Waals surface area contributed by atoms with Crippen molar-refractivity contribution >= 4 is 17.1 Å². The fourth-order valence-electron chi connectivity index (χ4n) is 3.80. The Morgan fingerprint density at radius 1 is 1.24 bits per heavy atom. The van der Waals surface area contributed by atoms with E-state index < -0.39 is 0 Å². The molecule has 0 aromatic carbocycles. The van der Waals surface area contributed by atoms with E-state index in [1.165, 1.54) is 0 Å². The molecule has 2 aliphatic heterocycles. The van der Waals surface area contributed by atoms with Crippen LogP contribution in [0.25, 0.3) is 11.2 Å². The lowest BCUT2D eigenvalue weighted by Gasteiger charge is -2.23. The minimum Gasteiger partial charge on any atom is -0.381 e. The van der Waals surface area contributed by atoms with Crippen LogP contribution >= 0.6 is 0 Å². The predicted octanol–water partition coefficient (Wildman–Crippen LogP) is 1.56. The number of rotatable bonds is 3. The molecule has 2 aromatic heterocycles. The third-order valence-electron chi connectivity index (χ3n) is 5.43. The number of hydrogen-bond acceptors (Lipinski definition) is 5. The number of likely N-dealkylation sites (N-methyl/N-ethyl adjacent to an activating group) is 1. The summed E-state index contributed by atoms with van der Waals surface area (Å²) < 4.78 is 7.56. The molecular weight excluding hydrogens is 318 g/mol. The van der Waals surface area contributed by atoms with E-state index in [0.717, 1.165) is 56.7 Å². The summed E-state index contributed by atoms with van der Waals surface area (Å²) in [6.07, 6.45) is 6.53. The van der Waals surface area contributed by atoms with E-state index in [4.69, 9.17) is 4.74 Å². The number of amides is 1. The van der Waals surface area contributed by atoms with Crippen molar-refractivity contribution < 1.29 is 9.53 Å². The molecule has 0 spiro atoms. The van der Waals surface area contributed by atoms with Gasteiger partial charge >= 0.3 is 0 Å². The van der Waals surface area contributed by atoms with Gasteiger partial charge in [0.15, 0.2) is 5.65 Å². The number of nitrogens with zero attached hydrogens (tertiary/aromatic N) is 5. The Kier molecular flexibility index (Phi) is 4.43. The lowest BCUT2D eigenvalue weighted by molar-refractivity contribution is 0.0704. The van der Waals surface area contributed by atoms with E-state index in [0.29, 0.717) is 17.6 Å². The van der Waals surface area contributed by atoms with Gasteiger partial charge in [-0.2, -0.15) is 0 Å². The van der Waals surface area contributed by atoms with Crippen LogP contribution in [0.4, 0.5) is 0 Å². The highest BCUT2D eigenvalue weighted by Crippen LogP contribution is 2.25. The summed E-state index contributed by atoms with van der Waals surface area (Å²) in [4.78, 5) is 25.9. The van der Waals surface area contributed by atoms with Gasteiger partial charge in [0.1, 0.15) is 5.52 Å². The van der Waals surface area contributed by atoms with Crippen molar-refractivity contribution in [3.8, 4) is 0 Å². The second kappa shape index (κ2) is 6.72. The standard InChI is InChI=1S/C18H25N5O2/c1-21(2)15-3-6-22(11-15)18(24)13-9-16-17(19-10-13)23(12-20-16)14-4-7-25-8-5-14/h9-10,12,14-15H,3-8,11H2,1-2H3. The molecule has 0 bridgehead atoms. The minimum atomic E-state index is 0.0550. The van der Waals surface area contributed by atoms with E-state index in [2.05, 4.69) is 33.5 Å². The average molecular weight is 343 g/mol.